The number of rotatable bonds is 3. The number of halogens is 3. The van der Waals surface area contributed by atoms with Gasteiger partial charge in [0.2, 0.25) is 8.35 Å². The predicted molar refractivity (Wildman–Crippen MR) is 66.2 cm³/mol. The maximum absolute atomic E-state index is 13.3. The van der Waals surface area contributed by atoms with Gasteiger partial charge in [-0.15, -0.1) is 0 Å². The minimum atomic E-state index is -3.75. The SMILES string of the molecule is CS(=O)(=O)C(Br)(Br)C(=O)c1ccccc1F. The standard InChI is InChI=1S/C9H7Br2FO3S/c1-16(14,15)9(10,11)8(13)6-4-2-3-5-7(6)12/h2-5H,1H3. The highest BCUT2D eigenvalue weighted by Crippen LogP contribution is 2.36. The molecule has 0 radical (unpaired) electrons. The molecule has 0 bridgehead atoms. The Morgan fingerprint density at radius 3 is 2.25 bits per heavy atom. The zero-order valence-corrected chi connectivity index (χ0v) is 12.1. The Bertz CT molecular complexity index is 525. The van der Waals surface area contributed by atoms with Crippen molar-refractivity contribution in [1.82, 2.24) is 0 Å². The molecule has 7 heteroatoms. The topological polar surface area (TPSA) is 51.2 Å². The summed E-state index contributed by atoms with van der Waals surface area (Å²) in [5.41, 5.74) is -0.290. The Kier molecular flexibility index (Phi) is 3.91. The van der Waals surface area contributed by atoms with Gasteiger partial charge in [0.15, 0.2) is 9.84 Å². The number of hydrogen-bond donors (Lipinski definition) is 0. The number of alkyl halides is 2. The molecular formula is C9H7Br2FO3S. The van der Waals surface area contributed by atoms with Crippen LogP contribution in [-0.2, 0) is 9.84 Å². The summed E-state index contributed by atoms with van der Waals surface area (Å²) in [5.74, 6) is -1.66. The Morgan fingerprint density at radius 2 is 1.81 bits per heavy atom. The molecule has 0 saturated carbocycles. The summed E-state index contributed by atoms with van der Waals surface area (Å²) < 4.78 is 34.0. The monoisotopic (exact) mass is 372 g/mol. The summed E-state index contributed by atoms with van der Waals surface area (Å²) in [6.45, 7) is 0. The molecule has 0 aromatic heterocycles. The molecule has 0 N–H and O–H groups in total. The van der Waals surface area contributed by atoms with E-state index in [1.807, 2.05) is 0 Å². The van der Waals surface area contributed by atoms with Gasteiger partial charge in [-0.1, -0.05) is 12.1 Å². The number of hydrogen-bond acceptors (Lipinski definition) is 3. The molecule has 0 fully saturated rings. The van der Waals surface area contributed by atoms with E-state index in [4.69, 9.17) is 0 Å². The minimum absolute atomic E-state index is 0.290. The average Bonchev–Trinajstić information content (AvgIpc) is 2.15. The van der Waals surface area contributed by atoms with Crippen LogP contribution >= 0.6 is 31.9 Å². The van der Waals surface area contributed by atoms with Gasteiger partial charge >= 0.3 is 0 Å². The van der Waals surface area contributed by atoms with Gasteiger partial charge in [0.25, 0.3) is 0 Å². The normalized spacial score (nSPS) is 12.5. The molecule has 0 aliphatic rings. The van der Waals surface area contributed by atoms with Gasteiger partial charge in [0, 0.05) is 6.26 Å². The highest BCUT2D eigenvalue weighted by molar-refractivity contribution is 9.28. The molecule has 0 atom stereocenters. The van der Waals surface area contributed by atoms with Crippen LogP contribution < -0.4 is 0 Å². The van der Waals surface area contributed by atoms with E-state index in [0.717, 1.165) is 12.3 Å². The molecule has 0 unspecified atom stereocenters. The molecule has 0 aliphatic carbocycles. The Morgan fingerprint density at radius 1 is 1.31 bits per heavy atom. The van der Waals surface area contributed by atoms with E-state index >= 15 is 0 Å². The Labute approximate surface area is 109 Å². The summed E-state index contributed by atoms with van der Waals surface area (Å²) in [4.78, 5) is 11.8. The second-order valence-corrected chi connectivity index (χ2v) is 9.75. The van der Waals surface area contributed by atoms with Crippen LogP contribution in [0.4, 0.5) is 4.39 Å². The predicted octanol–water partition coefficient (Wildman–Crippen LogP) is 2.50. The lowest BCUT2D eigenvalue weighted by Gasteiger charge is -2.16. The summed E-state index contributed by atoms with van der Waals surface area (Å²) in [6.07, 6.45) is 0.870. The van der Waals surface area contributed by atoms with E-state index in [0.29, 0.717) is 0 Å². The average molecular weight is 374 g/mol. The number of sulfone groups is 1. The number of ketones is 1. The lowest BCUT2D eigenvalue weighted by molar-refractivity contribution is 0.1000. The van der Waals surface area contributed by atoms with Gasteiger partial charge in [0.1, 0.15) is 5.82 Å². The van der Waals surface area contributed by atoms with Gasteiger partial charge < -0.3 is 0 Å². The van der Waals surface area contributed by atoms with Crippen molar-refractivity contribution in [3.8, 4) is 0 Å². The zero-order valence-electron chi connectivity index (χ0n) is 8.08. The van der Waals surface area contributed by atoms with Crippen LogP contribution in [0.25, 0.3) is 0 Å². The van der Waals surface area contributed by atoms with E-state index in [-0.39, 0.29) is 5.56 Å². The van der Waals surface area contributed by atoms with Crippen molar-refractivity contribution < 1.29 is 17.6 Å². The molecule has 0 aliphatic heterocycles. The molecule has 0 saturated heterocycles. The van der Waals surface area contributed by atoms with Crippen molar-refractivity contribution >= 4 is 47.5 Å². The first-order chi connectivity index (χ1) is 7.18. The fourth-order valence-corrected chi connectivity index (χ4v) is 1.84. The van der Waals surface area contributed by atoms with Crippen molar-refractivity contribution in [1.29, 1.82) is 0 Å². The molecular weight excluding hydrogens is 367 g/mol. The summed E-state index contributed by atoms with van der Waals surface area (Å²) >= 11 is 5.50. The molecule has 0 heterocycles. The van der Waals surface area contributed by atoms with Crippen LogP contribution in [0.1, 0.15) is 10.4 Å². The first-order valence-electron chi connectivity index (χ1n) is 4.04. The lowest BCUT2D eigenvalue weighted by atomic mass is 10.1. The highest BCUT2D eigenvalue weighted by atomic mass is 79.9. The van der Waals surface area contributed by atoms with Gasteiger partial charge in [-0.2, -0.15) is 0 Å². The van der Waals surface area contributed by atoms with Gasteiger partial charge in [0.05, 0.1) is 5.56 Å². The summed E-state index contributed by atoms with van der Waals surface area (Å²) in [6, 6.07) is 5.18. The van der Waals surface area contributed by atoms with Gasteiger partial charge in [-0.05, 0) is 44.0 Å². The lowest BCUT2D eigenvalue weighted by Crippen LogP contribution is -2.34. The quantitative estimate of drug-likeness (QED) is 0.604. The molecule has 3 nitrogen and oxygen atoms in total. The van der Waals surface area contributed by atoms with Crippen LogP contribution in [0, 0.1) is 5.82 Å². The van der Waals surface area contributed by atoms with E-state index in [2.05, 4.69) is 31.9 Å². The Balaban J connectivity index is 3.29. The second-order valence-electron chi connectivity index (χ2n) is 3.10. The van der Waals surface area contributed by atoms with Crippen molar-refractivity contribution in [2.45, 2.75) is 2.57 Å². The van der Waals surface area contributed by atoms with Crippen molar-refractivity contribution in [2.24, 2.45) is 0 Å². The largest absolute Gasteiger partial charge is 0.290 e. The van der Waals surface area contributed by atoms with Crippen LogP contribution in [0.3, 0.4) is 0 Å². The molecule has 1 rings (SSSR count). The molecule has 1 aromatic carbocycles. The van der Waals surface area contributed by atoms with Crippen molar-refractivity contribution in [3.63, 3.8) is 0 Å². The zero-order chi connectivity index (χ0) is 12.6. The molecule has 88 valence electrons. The highest BCUT2D eigenvalue weighted by Gasteiger charge is 2.44. The smallest absolute Gasteiger partial charge is 0.242 e. The first-order valence-corrected chi connectivity index (χ1v) is 7.52. The van der Waals surface area contributed by atoms with E-state index < -0.39 is 24.0 Å². The number of benzene rings is 1. The number of Topliss-reactive ketones (excluding diaryl/α,β-unsaturated/α-hetero) is 1. The Hall–Kier alpha value is -0.270. The minimum Gasteiger partial charge on any atom is -0.290 e. The van der Waals surface area contributed by atoms with Gasteiger partial charge in [-0.25, -0.2) is 12.8 Å². The number of carbonyl (C=O) groups excluding carboxylic acids is 1. The third-order valence-electron chi connectivity index (χ3n) is 1.85. The maximum atomic E-state index is 13.3. The fourth-order valence-electron chi connectivity index (χ4n) is 0.971. The van der Waals surface area contributed by atoms with Crippen LogP contribution in [0.2, 0.25) is 0 Å². The second kappa shape index (κ2) is 4.54. The van der Waals surface area contributed by atoms with Crippen molar-refractivity contribution in [3.05, 3.63) is 35.6 Å². The molecule has 0 amide bonds. The van der Waals surface area contributed by atoms with E-state index in [1.54, 1.807) is 0 Å². The third-order valence-corrected chi connectivity index (χ3v) is 7.21. The fraction of sp³-hybridized carbons (Fsp3) is 0.222. The maximum Gasteiger partial charge on any atom is 0.242 e. The summed E-state index contributed by atoms with van der Waals surface area (Å²) in [7, 11) is -3.75. The van der Waals surface area contributed by atoms with E-state index in [1.165, 1.54) is 18.2 Å². The first kappa shape index (κ1) is 13.8. The number of carbonyl (C=O) groups is 1. The van der Waals surface area contributed by atoms with Crippen LogP contribution in [0.5, 0.6) is 0 Å². The molecule has 1 aromatic rings. The van der Waals surface area contributed by atoms with Crippen molar-refractivity contribution in [2.75, 3.05) is 6.26 Å². The third kappa shape index (κ3) is 2.52. The van der Waals surface area contributed by atoms with Crippen LogP contribution in [0.15, 0.2) is 24.3 Å². The molecule has 0 spiro atoms. The van der Waals surface area contributed by atoms with Gasteiger partial charge in [-0.3, -0.25) is 4.79 Å². The summed E-state index contributed by atoms with van der Waals surface area (Å²) in [5, 5.41) is 0. The molecule has 16 heavy (non-hydrogen) atoms. The van der Waals surface area contributed by atoms with Crippen LogP contribution in [-0.4, -0.2) is 23.0 Å². The van der Waals surface area contributed by atoms with E-state index in [9.17, 15) is 17.6 Å².